The molecule has 1 amide bonds. The summed E-state index contributed by atoms with van der Waals surface area (Å²) in [5, 5.41) is 14.5. The minimum absolute atomic E-state index is 0.0518. The number of aliphatic hydroxyl groups is 1. The van der Waals surface area contributed by atoms with Crippen molar-refractivity contribution in [1.82, 2.24) is 19.2 Å². The van der Waals surface area contributed by atoms with Gasteiger partial charge >= 0.3 is 0 Å². The highest BCUT2D eigenvalue weighted by molar-refractivity contribution is 7.91. The third-order valence-electron chi connectivity index (χ3n) is 7.62. The van der Waals surface area contributed by atoms with Crippen LogP contribution in [0.2, 0.25) is 0 Å². The molecule has 2 aromatic carbocycles. The first-order valence-corrected chi connectivity index (χ1v) is 16.4. The molecule has 0 aromatic heterocycles. The Labute approximate surface area is 245 Å². The molecule has 226 valence electrons. The van der Waals surface area contributed by atoms with Crippen molar-refractivity contribution < 1.29 is 31.1 Å². The van der Waals surface area contributed by atoms with Crippen LogP contribution in [0.15, 0.2) is 57.0 Å². The molecule has 0 spiro atoms. The average Bonchev–Trinajstić information content (AvgIpc) is 3.33. The van der Waals surface area contributed by atoms with E-state index in [0.29, 0.717) is 24.2 Å². The number of aryl methyl sites for hydroxylation is 1. The fourth-order valence-electron chi connectivity index (χ4n) is 5.68. The Morgan fingerprint density at radius 2 is 1.86 bits per heavy atom. The molecule has 11 nitrogen and oxygen atoms in total. The van der Waals surface area contributed by atoms with E-state index in [9.17, 15) is 31.1 Å². The van der Waals surface area contributed by atoms with Crippen molar-refractivity contribution in [1.29, 1.82) is 0 Å². The van der Waals surface area contributed by atoms with Gasteiger partial charge in [-0.3, -0.25) is 4.79 Å². The fraction of sp³-hybridized carbons (Fsp3) is 0.429. The topological polar surface area (TPSA) is 148 Å². The first-order valence-electron chi connectivity index (χ1n) is 13.5. The predicted octanol–water partition coefficient (Wildman–Crippen LogP) is 2.13. The number of hydrogen-bond acceptors (Lipinski definition) is 7. The summed E-state index contributed by atoms with van der Waals surface area (Å²) in [5.41, 5.74) is 0.259. The number of nitrogens with zero attached hydrogens (tertiary/aromatic N) is 3. The van der Waals surface area contributed by atoms with Crippen molar-refractivity contribution in [3.63, 3.8) is 0 Å². The molecule has 14 heteroatoms. The van der Waals surface area contributed by atoms with Gasteiger partial charge < -0.3 is 15.3 Å². The lowest BCUT2D eigenvalue weighted by Crippen LogP contribution is -2.50. The molecule has 0 aliphatic carbocycles. The SMILES string of the molecule is Cc1cc(CN2C(=O)C(C3=NS(=O)(=O)c4c(CNS(=O)(=O)N5CCNCC5)cccc43)=C(O)[C@@H]2C(C)(C)C)ccc1F. The molecule has 0 unspecified atom stereocenters. The van der Waals surface area contributed by atoms with Crippen molar-refractivity contribution in [2.24, 2.45) is 9.81 Å². The molecule has 1 atom stereocenters. The quantitative estimate of drug-likeness (QED) is 0.430. The molecule has 5 rings (SSSR count). The van der Waals surface area contributed by atoms with Crippen molar-refractivity contribution in [3.05, 3.63) is 75.8 Å². The van der Waals surface area contributed by atoms with Gasteiger partial charge in [0, 0.05) is 44.8 Å². The van der Waals surface area contributed by atoms with Crippen molar-refractivity contribution in [2.75, 3.05) is 26.2 Å². The summed E-state index contributed by atoms with van der Waals surface area (Å²) >= 11 is 0. The van der Waals surface area contributed by atoms with E-state index >= 15 is 0 Å². The second-order valence-electron chi connectivity index (χ2n) is 11.7. The van der Waals surface area contributed by atoms with E-state index in [1.165, 1.54) is 27.4 Å². The lowest BCUT2D eigenvalue weighted by molar-refractivity contribution is -0.129. The third-order valence-corrected chi connectivity index (χ3v) is 10.6. The number of rotatable bonds is 7. The number of benzene rings is 2. The highest BCUT2D eigenvalue weighted by Crippen LogP contribution is 2.41. The van der Waals surface area contributed by atoms with Gasteiger partial charge in [-0.15, -0.1) is 0 Å². The molecule has 3 N–H and O–H groups in total. The number of halogens is 1. The number of amides is 1. The molecule has 3 aliphatic rings. The summed E-state index contributed by atoms with van der Waals surface area (Å²) in [5.74, 6) is -1.30. The zero-order valence-electron chi connectivity index (χ0n) is 23.8. The summed E-state index contributed by atoms with van der Waals surface area (Å²) in [4.78, 5) is 15.1. The van der Waals surface area contributed by atoms with E-state index in [4.69, 9.17) is 0 Å². The van der Waals surface area contributed by atoms with Gasteiger partial charge in [0.1, 0.15) is 27.8 Å². The lowest BCUT2D eigenvalue weighted by Gasteiger charge is -2.35. The summed E-state index contributed by atoms with van der Waals surface area (Å²) in [6.07, 6.45) is 0. The molecule has 1 fully saturated rings. The van der Waals surface area contributed by atoms with E-state index in [1.807, 2.05) is 20.8 Å². The van der Waals surface area contributed by atoms with Crippen LogP contribution in [0.4, 0.5) is 4.39 Å². The molecule has 42 heavy (non-hydrogen) atoms. The Bertz CT molecular complexity index is 1730. The predicted molar refractivity (Wildman–Crippen MR) is 155 cm³/mol. The van der Waals surface area contributed by atoms with E-state index < -0.39 is 37.6 Å². The minimum Gasteiger partial charge on any atom is -0.509 e. The molecule has 3 aliphatic heterocycles. The van der Waals surface area contributed by atoms with Gasteiger partial charge in [0.15, 0.2) is 0 Å². The Morgan fingerprint density at radius 3 is 2.50 bits per heavy atom. The molecule has 3 heterocycles. The number of aliphatic hydroxyl groups excluding tert-OH is 1. The normalized spacial score (nSPS) is 21.2. The number of hydrogen-bond donors (Lipinski definition) is 3. The van der Waals surface area contributed by atoms with Crippen LogP contribution in [0.25, 0.3) is 0 Å². The fourth-order valence-corrected chi connectivity index (χ4v) is 8.29. The van der Waals surface area contributed by atoms with Gasteiger partial charge in [-0.25, -0.2) is 4.39 Å². The van der Waals surface area contributed by atoms with Crippen LogP contribution >= 0.6 is 0 Å². The summed E-state index contributed by atoms with van der Waals surface area (Å²) in [6.45, 7) is 8.47. The van der Waals surface area contributed by atoms with Crippen LogP contribution in [0, 0.1) is 18.2 Å². The number of sulfonamides is 1. The standard InChI is InChI=1S/C28H34FN5O6S2/c1-17-14-18(8-9-21(17)29)16-34-26(28(2,3)4)24(35)22(27(34)36)23-20-7-5-6-19(25(20)41(37,38)32-23)15-31-42(39,40)33-12-10-30-11-13-33/h5-9,14,26,30-31,35H,10-13,15-16H2,1-4H3/t26-/m1/s1. The van der Waals surface area contributed by atoms with Crippen molar-refractivity contribution in [2.45, 2.75) is 51.7 Å². The number of piperazine rings is 1. The molecule has 1 saturated heterocycles. The average molecular weight is 620 g/mol. The zero-order chi connectivity index (χ0) is 30.6. The number of carbonyl (C=O) groups excluding carboxylic acids is 1. The van der Waals surface area contributed by atoms with Crippen LogP contribution in [0.3, 0.4) is 0 Å². The van der Waals surface area contributed by atoms with Gasteiger partial charge in [0.25, 0.3) is 26.1 Å². The smallest absolute Gasteiger partial charge is 0.283 e. The monoisotopic (exact) mass is 619 g/mol. The number of carbonyl (C=O) groups is 1. The minimum atomic E-state index is -4.33. The highest BCUT2D eigenvalue weighted by Gasteiger charge is 2.49. The maximum Gasteiger partial charge on any atom is 0.283 e. The first kappa shape index (κ1) is 30.3. The van der Waals surface area contributed by atoms with E-state index in [1.54, 1.807) is 25.1 Å². The molecular weight excluding hydrogens is 585 g/mol. The van der Waals surface area contributed by atoms with Gasteiger partial charge in [0.05, 0.1) is 6.04 Å². The van der Waals surface area contributed by atoms with E-state index in [0.717, 1.165) is 0 Å². The Balaban J connectivity index is 1.50. The van der Waals surface area contributed by atoms with Crippen LogP contribution in [0.5, 0.6) is 0 Å². The van der Waals surface area contributed by atoms with Gasteiger partial charge in [-0.05, 0) is 35.1 Å². The van der Waals surface area contributed by atoms with Crippen LogP contribution in [0.1, 0.15) is 43.0 Å². The summed E-state index contributed by atoms with van der Waals surface area (Å²) in [7, 11) is -8.20. The largest absolute Gasteiger partial charge is 0.509 e. The summed E-state index contributed by atoms with van der Waals surface area (Å²) < 4.78 is 74.0. The number of fused-ring (bicyclic) bond motifs is 1. The molecule has 0 saturated carbocycles. The maximum atomic E-state index is 13.9. The first-order chi connectivity index (χ1) is 19.6. The highest BCUT2D eigenvalue weighted by atomic mass is 32.2. The second kappa shape index (κ2) is 10.8. The third kappa shape index (κ3) is 5.49. The van der Waals surface area contributed by atoms with E-state index in [-0.39, 0.29) is 65.1 Å². The van der Waals surface area contributed by atoms with Crippen molar-refractivity contribution in [3.8, 4) is 0 Å². The molecular formula is C28H34FN5O6S2. The van der Waals surface area contributed by atoms with Gasteiger partial charge in [-0.1, -0.05) is 51.1 Å². The maximum absolute atomic E-state index is 13.9. The van der Waals surface area contributed by atoms with Gasteiger partial charge in [-0.2, -0.15) is 30.3 Å². The second-order valence-corrected chi connectivity index (χ2v) is 15.0. The lowest BCUT2D eigenvalue weighted by atomic mass is 9.84. The van der Waals surface area contributed by atoms with Crippen LogP contribution < -0.4 is 10.0 Å². The number of nitrogens with one attached hydrogen (secondary N) is 2. The van der Waals surface area contributed by atoms with E-state index in [2.05, 4.69) is 14.4 Å². The van der Waals surface area contributed by atoms with Crippen molar-refractivity contribution >= 4 is 31.9 Å². The van der Waals surface area contributed by atoms with Crippen LogP contribution in [-0.2, 0) is 38.1 Å². The van der Waals surface area contributed by atoms with Crippen LogP contribution in [-0.4, -0.2) is 75.0 Å². The Morgan fingerprint density at radius 1 is 1.17 bits per heavy atom. The van der Waals surface area contributed by atoms with Gasteiger partial charge in [0.2, 0.25) is 0 Å². The zero-order valence-corrected chi connectivity index (χ0v) is 25.4. The Kier molecular flexibility index (Phi) is 7.81. The molecule has 2 aromatic rings. The molecule has 0 bridgehead atoms. The summed E-state index contributed by atoms with van der Waals surface area (Å²) in [6, 6.07) is 8.21. The molecule has 0 radical (unpaired) electrons. The Hall–Kier alpha value is -3.17.